The second-order valence-corrected chi connectivity index (χ2v) is 14.1. The zero-order valence-electron chi connectivity index (χ0n) is 27.1. The molecule has 4 fully saturated rings. The van der Waals surface area contributed by atoms with E-state index in [9.17, 15) is 13.6 Å². The van der Waals surface area contributed by atoms with Crippen molar-refractivity contribution >= 4 is 45.0 Å². The van der Waals surface area contributed by atoms with Gasteiger partial charge in [0.2, 0.25) is 5.91 Å². The van der Waals surface area contributed by atoms with Gasteiger partial charge >= 0.3 is 6.01 Å². The fraction of sp³-hybridized carbons (Fsp3) is 0.444. The van der Waals surface area contributed by atoms with Crippen molar-refractivity contribution in [2.45, 2.75) is 43.4 Å². The van der Waals surface area contributed by atoms with Crippen molar-refractivity contribution in [3.63, 3.8) is 0 Å². The molecule has 2 aromatic heterocycles. The molecular weight excluding hydrogens is 655 g/mol. The Kier molecular flexibility index (Phi) is 8.36. The maximum atomic E-state index is 16.8. The summed E-state index contributed by atoms with van der Waals surface area (Å²) in [5, 5.41) is 4.43. The number of alkyl halides is 1. The number of amides is 1. The van der Waals surface area contributed by atoms with Gasteiger partial charge in [0.15, 0.2) is 5.82 Å². The second kappa shape index (κ2) is 12.7. The van der Waals surface area contributed by atoms with Gasteiger partial charge in [-0.25, -0.2) is 13.2 Å². The molecule has 0 radical (unpaired) electrons. The van der Waals surface area contributed by atoms with Crippen LogP contribution < -0.4 is 15.0 Å². The molecule has 1 N–H and O–H groups in total. The Morgan fingerprint density at radius 2 is 2.04 bits per heavy atom. The number of rotatable bonds is 8. The highest BCUT2D eigenvalue weighted by Gasteiger charge is 2.49. The number of anilines is 1. The lowest BCUT2D eigenvalue weighted by Crippen LogP contribution is -2.43. The second-order valence-electron chi connectivity index (χ2n) is 13.8. The normalized spacial score (nSPS) is 24.3. The average Bonchev–Trinajstić information content (AvgIpc) is 3.79. The zero-order valence-corrected chi connectivity index (χ0v) is 27.9. The van der Waals surface area contributed by atoms with Gasteiger partial charge in [0.1, 0.15) is 35.6 Å². The van der Waals surface area contributed by atoms with Gasteiger partial charge in [-0.05, 0) is 43.3 Å². The first-order chi connectivity index (χ1) is 23.7. The van der Waals surface area contributed by atoms with E-state index in [1.807, 2.05) is 22.9 Å². The highest BCUT2D eigenvalue weighted by atomic mass is 35.5. The smallest absolute Gasteiger partial charge is 0.319 e. The Bertz CT molecular complexity index is 1980. The Labute approximate surface area is 287 Å². The number of nitrogens with zero attached hydrogens (tertiary/aromatic N) is 6. The zero-order chi connectivity index (χ0) is 33.9. The van der Waals surface area contributed by atoms with Crippen LogP contribution in [0.5, 0.6) is 6.01 Å². The average molecular weight is 692 g/mol. The molecule has 1 amide bonds. The van der Waals surface area contributed by atoms with Crippen LogP contribution in [0.1, 0.15) is 25.7 Å². The third-order valence-corrected chi connectivity index (χ3v) is 11.1. The summed E-state index contributed by atoms with van der Waals surface area (Å²) in [4.78, 5) is 32.7. The number of carbonyl (C=O) groups is 1. The molecule has 4 aliphatic rings. The number of nitrogens with one attached hydrogen (secondary N) is 1. The van der Waals surface area contributed by atoms with E-state index in [0.29, 0.717) is 65.9 Å². The van der Waals surface area contributed by atoms with E-state index in [1.54, 1.807) is 30.3 Å². The lowest BCUT2D eigenvalue weighted by Gasteiger charge is -2.31. The highest BCUT2D eigenvalue weighted by Crippen LogP contribution is 2.41. The number of fused-ring (bicyclic) bond motifs is 3. The van der Waals surface area contributed by atoms with Crippen molar-refractivity contribution in [1.29, 1.82) is 0 Å². The summed E-state index contributed by atoms with van der Waals surface area (Å²) in [6, 6.07) is 7.89. The van der Waals surface area contributed by atoms with Crippen molar-refractivity contribution in [2.75, 3.05) is 57.8 Å². The summed E-state index contributed by atoms with van der Waals surface area (Å²) in [5.74, 6) is -0.595. The predicted octanol–water partition coefficient (Wildman–Crippen LogP) is 5.54. The van der Waals surface area contributed by atoms with E-state index in [0.717, 1.165) is 32.5 Å². The molecular formula is C36H37ClF3N7O2. The topological polar surface area (TPSA) is 86.7 Å². The molecule has 3 atom stereocenters. The van der Waals surface area contributed by atoms with E-state index in [-0.39, 0.29) is 40.8 Å². The molecule has 4 saturated heterocycles. The number of aromatic nitrogens is 3. The number of pyridine rings is 1. The molecule has 49 heavy (non-hydrogen) atoms. The fourth-order valence-electron chi connectivity index (χ4n) is 7.90. The molecule has 6 heterocycles. The van der Waals surface area contributed by atoms with Crippen LogP contribution in [-0.4, -0.2) is 101 Å². The van der Waals surface area contributed by atoms with E-state index in [4.69, 9.17) is 21.3 Å². The first kappa shape index (κ1) is 32.2. The number of benzene rings is 2. The van der Waals surface area contributed by atoms with Gasteiger partial charge in [0.05, 0.1) is 15.9 Å². The minimum absolute atomic E-state index is 0.0140. The number of hydrogen-bond donors (Lipinski definition) is 1. The Hall–Kier alpha value is -4.00. The third-order valence-electron chi connectivity index (χ3n) is 10.7. The summed E-state index contributed by atoms with van der Waals surface area (Å²) in [6.07, 6.45) is 7.00. The SMILES string of the molecule is CN(c1nc(OC[C@@]23CCCN2C[C@H](F)C3)nc2c(F)c(-c3cccc4ccc(F)c(Cl)c34)ncc12)[C@@H]1CCN(C(=O)/C=C/C2CNC2)C1. The first-order valence-corrected chi connectivity index (χ1v) is 17.2. The molecule has 0 unspecified atom stereocenters. The molecule has 0 spiro atoms. The van der Waals surface area contributed by atoms with Crippen molar-refractivity contribution < 1.29 is 22.7 Å². The molecule has 256 valence electrons. The van der Waals surface area contributed by atoms with Crippen LogP contribution in [0.25, 0.3) is 32.9 Å². The van der Waals surface area contributed by atoms with Crippen LogP contribution in [-0.2, 0) is 4.79 Å². The highest BCUT2D eigenvalue weighted by molar-refractivity contribution is 6.36. The van der Waals surface area contributed by atoms with Crippen LogP contribution in [0, 0.1) is 17.6 Å². The quantitative estimate of drug-likeness (QED) is 0.241. The molecule has 2 aromatic carbocycles. The standard InChI is InChI=1S/C36H37ClF3N7O2/c1-45(24-10-13-46(19-24)28(48)9-6-21-15-41-16-21)34-26-17-42-32(25-5-2-4-22-7-8-27(39)30(37)29(22)25)31(40)33(26)43-35(44-34)49-20-36-11-3-12-47(36)18-23(38)14-36/h2,4-9,17,21,23-24,41H,3,10-16,18-20H2,1H3/b9-6+/t23-,24-,36+/m1/s1. The van der Waals surface area contributed by atoms with Crippen LogP contribution in [0.15, 0.2) is 48.7 Å². The number of likely N-dealkylation sites (N-methyl/N-ethyl adjacent to an activating group) is 1. The summed E-state index contributed by atoms with van der Waals surface area (Å²) in [7, 11) is 1.86. The Balaban J connectivity index is 1.17. The molecule has 13 heteroatoms. The fourth-order valence-corrected chi connectivity index (χ4v) is 8.17. The van der Waals surface area contributed by atoms with Gasteiger partial charge in [-0.2, -0.15) is 9.97 Å². The predicted molar refractivity (Wildman–Crippen MR) is 183 cm³/mol. The number of carbonyl (C=O) groups excluding carboxylic acids is 1. The van der Waals surface area contributed by atoms with Crippen molar-refractivity contribution in [3.8, 4) is 17.3 Å². The van der Waals surface area contributed by atoms with Gasteiger partial charge in [-0.15, -0.1) is 0 Å². The first-order valence-electron chi connectivity index (χ1n) is 16.9. The minimum atomic E-state index is -0.931. The summed E-state index contributed by atoms with van der Waals surface area (Å²) >= 11 is 6.41. The van der Waals surface area contributed by atoms with E-state index >= 15 is 4.39 Å². The third kappa shape index (κ3) is 5.77. The molecule has 0 bridgehead atoms. The Morgan fingerprint density at radius 3 is 2.86 bits per heavy atom. The summed E-state index contributed by atoms with van der Waals surface area (Å²) in [6.45, 7) is 4.15. The number of hydrogen-bond acceptors (Lipinski definition) is 8. The maximum Gasteiger partial charge on any atom is 0.319 e. The van der Waals surface area contributed by atoms with E-state index in [1.165, 1.54) is 12.3 Å². The number of ether oxygens (including phenoxy) is 1. The summed E-state index contributed by atoms with van der Waals surface area (Å²) < 4.78 is 52.2. The van der Waals surface area contributed by atoms with Gasteiger partial charge in [0, 0.05) is 75.3 Å². The molecule has 4 aliphatic heterocycles. The monoisotopic (exact) mass is 691 g/mol. The molecule has 0 saturated carbocycles. The molecule has 4 aromatic rings. The van der Waals surface area contributed by atoms with Crippen LogP contribution in [0.2, 0.25) is 5.02 Å². The van der Waals surface area contributed by atoms with E-state index in [2.05, 4.69) is 20.2 Å². The lowest BCUT2D eigenvalue weighted by molar-refractivity contribution is -0.125. The number of likely N-dealkylation sites (tertiary alicyclic amines) is 1. The Morgan fingerprint density at radius 1 is 1.18 bits per heavy atom. The van der Waals surface area contributed by atoms with E-state index < -0.39 is 23.3 Å². The van der Waals surface area contributed by atoms with Crippen LogP contribution in [0.4, 0.5) is 19.0 Å². The minimum Gasteiger partial charge on any atom is -0.461 e. The van der Waals surface area contributed by atoms with Crippen molar-refractivity contribution in [2.24, 2.45) is 5.92 Å². The summed E-state index contributed by atoms with van der Waals surface area (Å²) in [5.41, 5.74) is -0.176. The maximum absolute atomic E-state index is 16.8. The van der Waals surface area contributed by atoms with Crippen LogP contribution in [0.3, 0.4) is 0 Å². The molecule has 9 nitrogen and oxygen atoms in total. The molecule has 8 rings (SSSR count). The molecule has 0 aliphatic carbocycles. The number of halogens is 4. The van der Waals surface area contributed by atoms with Gasteiger partial charge in [-0.3, -0.25) is 14.7 Å². The lowest BCUT2D eigenvalue weighted by atomic mass is 9.95. The van der Waals surface area contributed by atoms with Crippen LogP contribution >= 0.6 is 11.6 Å². The van der Waals surface area contributed by atoms with Gasteiger partial charge < -0.3 is 19.9 Å². The largest absolute Gasteiger partial charge is 0.461 e. The van der Waals surface area contributed by atoms with Gasteiger partial charge in [-0.1, -0.05) is 41.9 Å². The van der Waals surface area contributed by atoms with Gasteiger partial charge in [0.25, 0.3) is 0 Å². The van der Waals surface area contributed by atoms with Crippen molar-refractivity contribution in [3.05, 3.63) is 65.3 Å². The van der Waals surface area contributed by atoms with Crippen molar-refractivity contribution in [1.82, 2.24) is 30.1 Å².